The SMILES string of the molecule is [2H]C1=NC(=C(O)CC([2H])([2H])C(=O)O)C(=O)C([2H])=C1c1cccc(C#N)c1. The maximum Gasteiger partial charge on any atom is 0.303 e. The first-order chi connectivity index (χ1) is 12.1. The van der Waals surface area contributed by atoms with E-state index in [2.05, 4.69) is 4.99 Å². The molecule has 0 atom stereocenters. The van der Waals surface area contributed by atoms with Gasteiger partial charge in [-0.25, -0.2) is 4.99 Å². The summed E-state index contributed by atoms with van der Waals surface area (Å²) in [7, 11) is 0. The largest absolute Gasteiger partial charge is 0.510 e. The summed E-state index contributed by atoms with van der Waals surface area (Å²) in [4.78, 5) is 26.7. The molecule has 2 rings (SSSR count). The van der Waals surface area contributed by atoms with Crippen molar-refractivity contribution < 1.29 is 25.3 Å². The molecular weight excluding hydrogens is 284 g/mol. The molecule has 0 saturated carbocycles. The van der Waals surface area contributed by atoms with E-state index in [9.17, 15) is 14.7 Å². The number of hydrogen-bond acceptors (Lipinski definition) is 5. The summed E-state index contributed by atoms with van der Waals surface area (Å²) in [5.74, 6) is -3.86. The second-order valence-corrected chi connectivity index (χ2v) is 4.20. The third-order valence-corrected chi connectivity index (χ3v) is 2.69. The number of hydrogen-bond donors (Lipinski definition) is 2. The molecule has 22 heavy (non-hydrogen) atoms. The second kappa shape index (κ2) is 6.50. The highest BCUT2D eigenvalue weighted by Gasteiger charge is 2.18. The van der Waals surface area contributed by atoms with Gasteiger partial charge in [-0.3, -0.25) is 9.59 Å². The van der Waals surface area contributed by atoms with Crippen LogP contribution < -0.4 is 0 Å². The predicted octanol–water partition coefficient (Wildman–Crippen LogP) is 2.23. The molecular formula is C16H12N2O4. The number of carbonyl (C=O) groups excluding carboxylic acids is 1. The van der Waals surface area contributed by atoms with Crippen LogP contribution in [0.15, 0.2) is 46.8 Å². The number of aliphatic imine (C=N–C) groups is 1. The average molecular weight is 300 g/mol. The van der Waals surface area contributed by atoms with Gasteiger partial charge in [0.15, 0.2) is 0 Å². The Hall–Kier alpha value is -3.20. The van der Waals surface area contributed by atoms with Gasteiger partial charge in [0.1, 0.15) is 11.5 Å². The molecule has 0 bridgehead atoms. The molecule has 0 fully saturated rings. The number of aliphatic hydroxyl groups excluding tert-OH is 1. The summed E-state index contributed by atoms with van der Waals surface area (Å²) < 4.78 is 30.5. The number of carbonyl (C=O) groups is 2. The molecule has 0 aromatic heterocycles. The highest BCUT2D eigenvalue weighted by molar-refractivity contribution is 6.24. The van der Waals surface area contributed by atoms with E-state index in [0.29, 0.717) is 0 Å². The van der Waals surface area contributed by atoms with Crippen molar-refractivity contribution >= 4 is 23.5 Å². The van der Waals surface area contributed by atoms with Gasteiger partial charge in [0.05, 0.1) is 20.7 Å². The summed E-state index contributed by atoms with van der Waals surface area (Å²) in [5, 5.41) is 27.6. The van der Waals surface area contributed by atoms with Crippen LogP contribution in [0.25, 0.3) is 5.57 Å². The Balaban J connectivity index is 2.50. The van der Waals surface area contributed by atoms with Crippen LogP contribution in [-0.4, -0.2) is 28.2 Å². The molecule has 6 heteroatoms. The summed E-state index contributed by atoms with van der Waals surface area (Å²) in [6.07, 6.45) is -4.42. The Morgan fingerprint density at radius 1 is 1.45 bits per heavy atom. The predicted molar refractivity (Wildman–Crippen MR) is 79.2 cm³/mol. The third-order valence-electron chi connectivity index (χ3n) is 2.69. The molecule has 0 radical (unpaired) electrons. The monoisotopic (exact) mass is 300 g/mol. The number of rotatable bonds is 4. The molecule has 0 amide bonds. The van der Waals surface area contributed by atoms with Crippen LogP contribution >= 0.6 is 0 Å². The van der Waals surface area contributed by atoms with Crippen molar-refractivity contribution in [2.75, 3.05) is 0 Å². The molecule has 2 N–H and O–H groups in total. The zero-order valence-electron chi connectivity index (χ0n) is 15.1. The van der Waals surface area contributed by atoms with Crippen molar-refractivity contribution in [3.63, 3.8) is 0 Å². The fourth-order valence-electron chi connectivity index (χ4n) is 1.68. The maximum atomic E-state index is 12.3. The lowest BCUT2D eigenvalue weighted by molar-refractivity contribution is -0.137. The summed E-state index contributed by atoms with van der Waals surface area (Å²) in [5.41, 5.74) is -0.396. The fourth-order valence-corrected chi connectivity index (χ4v) is 1.68. The average Bonchev–Trinajstić information content (AvgIpc) is 2.57. The number of dihydropyridines is 1. The first kappa shape index (κ1) is 10.5. The molecule has 0 unspecified atom stereocenters. The highest BCUT2D eigenvalue weighted by Crippen LogP contribution is 2.22. The van der Waals surface area contributed by atoms with E-state index in [0.717, 1.165) is 0 Å². The van der Waals surface area contributed by atoms with E-state index in [1.807, 2.05) is 6.07 Å². The normalized spacial score (nSPS) is 20.1. The van der Waals surface area contributed by atoms with Crippen LogP contribution in [0.4, 0.5) is 0 Å². The first-order valence-electron chi connectivity index (χ1n) is 8.05. The standard InChI is InChI=1S/C16H12N2O4/c17-8-10-2-1-3-11(6-10)12-7-14(20)16(18-9-12)13(19)4-5-15(21)22/h1-3,6-7,9,19H,4-5H2,(H,21,22)/i5D2,7D,9D. The Morgan fingerprint density at radius 2 is 2.23 bits per heavy atom. The van der Waals surface area contributed by atoms with E-state index in [-0.39, 0.29) is 16.7 Å². The minimum absolute atomic E-state index is 0.148. The highest BCUT2D eigenvalue weighted by atomic mass is 16.4. The zero-order chi connectivity index (χ0) is 19.6. The molecule has 110 valence electrons. The summed E-state index contributed by atoms with van der Waals surface area (Å²) >= 11 is 0. The first-order valence-corrected chi connectivity index (χ1v) is 6.05. The molecule has 1 aliphatic heterocycles. The van der Waals surface area contributed by atoms with Gasteiger partial charge in [0.25, 0.3) is 0 Å². The lowest BCUT2D eigenvalue weighted by Gasteiger charge is -2.10. The van der Waals surface area contributed by atoms with E-state index in [1.165, 1.54) is 24.3 Å². The molecule has 1 aromatic rings. The number of allylic oxidation sites excluding steroid dienone is 3. The molecule has 1 aromatic carbocycles. The second-order valence-electron chi connectivity index (χ2n) is 4.20. The van der Waals surface area contributed by atoms with E-state index < -0.39 is 48.2 Å². The molecule has 0 aliphatic carbocycles. The Bertz CT molecular complexity index is 942. The van der Waals surface area contributed by atoms with Crippen molar-refractivity contribution in [2.24, 2.45) is 4.99 Å². The van der Waals surface area contributed by atoms with Crippen molar-refractivity contribution in [1.29, 1.82) is 5.26 Å². The van der Waals surface area contributed by atoms with Crippen LogP contribution in [0.5, 0.6) is 0 Å². The van der Waals surface area contributed by atoms with E-state index in [1.54, 1.807) is 0 Å². The van der Waals surface area contributed by atoms with E-state index >= 15 is 0 Å². The number of nitriles is 1. The third kappa shape index (κ3) is 3.46. The van der Waals surface area contributed by atoms with Gasteiger partial charge in [-0.1, -0.05) is 12.1 Å². The lowest BCUT2D eigenvalue weighted by atomic mass is 10.00. The summed E-state index contributed by atoms with van der Waals surface area (Å²) in [6.45, 7) is 0. The molecule has 1 heterocycles. The lowest BCUT2D eigenvalue weighted by Crippen LogP contribution is -2.09. The molecule has 1 aliphatic rings. The number of carboxylic acids is 1. The van der Waals surface area contributed by atoms with Crippen LogP contribution in [0.3, 0.4) is 0 Å². The van der Waals surface area contributed by atoms with Gasteiger partial charge < -0.3 is 10.2 Å². The van der Waals surface area contributed by atoms with Crippen molar-refractivity contribution in [2.45, 2.75) is 12.8 Å². The van der Waals surface area contributed by atoms with Gasteiger partial charge in [-0.05, 0) is 23.7 Å². The Labute approximate surface area is 132 Å². The van der Waals surface area contributed by atoms with Crippen LogP contribution in [-0.2, 0) is 9.59 Å². The van der Waals surface area contributed by atoms with Gasteiger partial charge in [0.2, 0.25) is 5.78 Å². The zero-order valence-corrected chi connectivity index (χ0v) is 11.1. The number of aliphatic hydroxyl groups is 1. The Kier molecular flexibility index (Phi) is 3.11. The van der Waals surface area contributed by atoms with Crippen molar-refractivity contribution in [1.82, 2.24) is 0 Å². The van der Waals surface area contributed by atoms with Gasteiger partial charge in [-0.2, -0.15) is 5.26 Å². The summed E-state index contributed by atoms with van der Waals surface area (Å²) in [6, 6.07) is 7.10. The Morgan fingerprint density at radius 3 is 2.91 bits per heavy atom. The van der Waals surface area contributed by atoms with Crippen LogP contribution in [0.2, 0.25) is 0 Å². The number of aliphatic carboxylic acids is 1. The number of benzene rings is 1. The van der Waals surface area contributed by atoms with Crippen molar-refractivity contribution in [3.8, 4) is 6.07 Å². The van der Waals surface area contributed by atoms with Crippen LogP contribution in [0.1, 0.15) is 29.4 Å². The van der Waals surface area contributed by atoms with Gasteiger partial charge in [-0.15, -0.1) is 0 Å². The minimum Gasteiger partial charge on any atom is -0.510 e. The quantitative estimate of drug-likeness (QED) is 0.654. The van der Waals surface area contributed by atoms with E-state index in [4.69, 9.17) is 15.9 Å². The van der Waals surface area contributed by atoms with Crippen LogP contribution in [0, 0.1) is 11.3 Å². The topological polar surface area (TPSA) is 111 Å². The number of carboxylic acid groups (broad SMARTS) is 1. The molecule has 6 nitrogen and oxygen atoms in total. The molecule has 0 spiro atoms. The maximum absolute atomic E-state index is 12.3. The van der Waals surface area contributed by atoms with Gasteiger partial charge in [0, 0.05) is 20.9 Å². The number of nitrogens with zero attached hydrogens (tertiary/aromatic N) is 2. The number of ketones is 1. The molecule has 0 saturated heterocycles. The fraction of sp³-hybridized carbons (Fsp3) is 0.125. The van der Waals surface area contributed by atoms with Gasteiger partial charge >= 0.3 is 5.97 Å². The smallest absolute Gasteiger partial charge is 0.303 e. The minimum atomic E-state index is -2.84. The van der Waals surface area contributed by atoms with Crippen molar-refractivity contribution in [3.05, 3.63) is 52.9 Å².